The summed E-state index contributed by atoms with van der Waals surface area (Å²) in [6, 6.07) is 18.1. The van der Waals surface area contributed by atoms with E-state index in [1.165, 1.54) is 30.3 Å². The minimum absolute atomic E-state index is 0.0657. The predicted octanol–water partition coefficient (Wildman–Crippen LogP) is 2.41. The summed E-state index contributed by atoms with van der Waals surface area (Å²) in [6.45, 7) is 1.92. The first-order chi connectivity index (χ1) is 13.8. The quantitative estimate of drug-likeness (QED) is 0.649. The molecule has 0 atom stereocenters. The average molecular weight is 409 g/mol. The lowest BCUT2D eigenvalue weighted by atomic mass is 10.1. The molecule has 0 saturated heterocycles. The van der Waals surface area contributed by atoms with E-state index in [0.717, 1.165) is 11.6 Å². The second kappa shape index (κ2) is 8.15. The molecule has 0 fully saturated rings. The number of sulfonamides is 1. The summed E-state index contributed by atoms with van der Waals surface area (Å²) in [4.78, 5) is 23.4. The van der Waals surface area contributed by atoms with Crippen LogP contribution in [0.4, 0.5) is 11.4 Å². The van der Waals surface area contributed by atoms with Crippen molar-refractivity contribution in [1.82, 2.24) is 0 Å². The Bertz CT molecular complexity index is 1170. The lowest BCUT2D eigenvalue weighted by molar-refractivity contribution is -0.255. The highest BCUT2D eigenvalue weighted by Gasteiger charge is 2.19. The molecule has 8 heteroatoms. The van der Waals surface area contributed by atoms with Gasteiger partial charge in [0.25, 0.3) is 15.9 Å². The van der Waals surface area contributed by atoms with Crippen molar-refractivity contribution in [1.29, 1.82) is 0 Å². The number of para-hydroxylation sites is 1. The summed E-state index contributed by atoms with van der Waals surface area (Å²) in [6.07, 6.45) is 0. The monoisotopic (exact) mass is 409 g/mol. The Labute approximate surface area is 168 Å². The number of aryl methyl sites for hydroxylation is 1. The second-order valence-corrected chi connectivity index (χ2v) is 7.97. The lowest BCUT2D eigenvalue weighted by Crippen LogP contribution is -2.23. The highest BCUT2D eigenvalue weighted by molar-refractivity contribution is 7.92. The van der Waals surface area contributed by atoms with Gasteiger partial charge in [-0.15, -0.1) is 0 Å². The molecule has 0 unspecified atom stereocenters. The van der Waals surface area contributed by atoms with Crippen molar-refractivity contribution < 1.29 is 23.1 Å². The van der Waals surface area contributed by atoms with Crippen molar-refractivity contribution >= 4 is 33.3 Å². The van der Waals surface area contributed by atoms with E-state index in [1.54, 1.807) is 24.3 Å². The van der Waals surface area contributed by atoms with Gasteiger partial charge in [-0.1, -0.05) is 42.0 Å². The SMILES string of the molecule is Cc1ccc(NC(=O)c2ccccc2NS(=O)(=O)c2cccc(C(=O)[O-])c2)cc1. The molecule has 0 aliphatic carbocycles. The Morgan fingerprint density at radius 2 is 1.59 bits per heavy atom. The smallest absolute Gasteiger partial charge is 0.261 e. The Kier molecular flexibility index (Phi) is 5.65. The summed E-state index contributed by atoms with van der Waals surface area (Å²) in [5.74, 6) is -1.98. The van der Waals surface area contributed by atoms with Crippen molar-refractivity contribution in [2.75, 3.05) is 10.0 Å². The molecular formula is C21H17N2O5S-. The lowest BCUT2D eigenvalue weighted by Gasteiger charge is -2.13. The van der Waals surface area contributed by atoms with Gasteiger partial charge in [0.1, 0.15) is 0 Å². The molecule has 3 rings (SSSR count). The Morgan fingerprint density at radius 1 is 0.897 bits per heavy atom. The van der Waals surface area contributed by atoms with Crippen LogP contribution in [-0.4, -0.2) is 20.3 Å². The third-order valence-electron chi connectivity index (χ3n) is 4.11. The van der Waals surface area contributed by atoms with Gasteiger partial charge in [0, 0.05) is 5.69 Å². The number of amides is 1. The number of rotatable bonds is 6. The van der Waals surface area contributed by atoms with Crippen LogP contribution in [-0.2, 0) is 10.0 Å². The Balaban J connectivity index is 1.88. The minimum Gasteiger partial charge on any atom is -0.545 e. The van der Waals surface area contributed by atoms with Crippen molar-refractivity contribution in [2.45, 2.75) is 11.8 Å². The zero-order valence-electron chi connectivity index (χ0n) is 15.4. The zero-order valence-corrected chi connectivity index (χ0v) is 16.2. The van der Waals surface area contributed by atoms with Crippen LogP contribution in [0.25, 0.3) is 0 Å². The summed E-state index contributed by atoms with van der Waals surface area (Å²) < 4.78 is 27.7. The number of carbonyl (C=O) groups excluding carboxylic acids is 2. The van der Waals surface area contributed by atoms with Crippen LogP contribution in [0.5, 0.6) is 0 Å². The molecule has 0 spiro atoms. The second-order valence-electron chi connectivity index (χ2n) is 6.29. The van der Waals surface area contributed by atoms with Gasteiger partial charge >= 0.3 is 0 Å². The topological polar surface area (TPSA) is 115 Å². The van der Waals surface area contributed by atoms with E-state index < -0.39 is 21.9 Å². The average Bonchev–Trinajstić information content (AvgIpc) is 2.70. The summed E-state index contributed by atoms with van der Waals surface area (Å²) in [7, 11) is -4.12. The molecule has 29 heavy (non-hydrogen) atoms. The number of hydrogen-bond donors (Lipinski definition) is 2. The van der Waals surface area contributed by atoms with Crippen LogP contribution in [0, 0.1) is 6.92 Å². The molecule has 0 aliphatic heterocycles. The maximum absolute atomic E-state index is 12.7. The number of anilines is 2. The van der Waals surface area contributed by atoms with Crippen LogP contribution in [0.3, 0.4) is 0 Å². The standard InChI is InChI=1S/C21H18N2O5S/c1-14-9-11-16(12-10-14)22-20(24)18-7-2-3-8-19(18)23-29(27,28)17-6-4-5-15(13-17)21(25)26/h2-13,23H,1H3,(H,22,24)(H,25,26)/p-1. The van der Waals surface area contributed by atoms with Crippen molar-refractivity contribution in [3.8, 4) is 0 Å². The van der Waals surface area contributed by atoms with Gasteiger partial charge in [-0.25, -0.2) is 8.42 Å². The number of carboxylic acid groups (broad SMARTS) is 1. The van der Waals surface area contributed by atoms with Crippen LogP contribution in [0.15, 0.2) is 77.7 Å². The van der Waals surface area contributed by atoms with E-state index in [0.29, 0.717) is 5.69 Å². The molecular weight excluding hydrogens is 392 g/mol. The molecule has 2 N–H and O–H groups in total. The van der Waals surface area contributed by atoms with Crippen molar-refractivity contribution in [3.05, 3.63) is 89.5 Å². The molecule has 0 bridgehead atoms. The van der Waals surface area contributed by atoms with E-state index in [-0.39, 0.29) is 21.7 Å². The highest BCUT2D eigenvalue weighted by Crippen LogP contribution is 2.22. The van der Waals surface area contributed by atoms with Crippen molar-refractivity contribution in [2.24, 2.45) is 0 Å². The number of hydrogen-bond acceptors (Lipinski definition) is 5. The fraction of sp³-hybridized carbons (Fsp3) is 0.0476. The van der Waals surface area contributed by atoms with E-state index in [2.05, 4.69) is 10.0 Å². The maximum Gasteiger partial charge on any atom is 0.261 e. The number of benzene rings is 3. The van der Waals surface area contributed by atoms with Gasteiger partial charge in [-0.05, 0) is 48.9 Å². The molecule has 0 saturated carbocycles. The first-order valence-electron chi connectivity index (χ1n) is 8.57. The molecule has 0 heterocycles. The number of carbonyl (C=O) groups is 2. The summed E-state index contributed by atoms with van der Waals surface area (Å²) in [5.41, 5.74) is 1.52. The molecule has 0 aliphatic rings. The van der Waals surface area contributed by atoms with Gasteiger partial charge in [0.15, 0.2) is 0 Å². The fourth-order valence-electron chi connectivity index (χ4n) is 2.60. The van der Waals surface area contributed by atoms with Crippen molar-refractivity contribution in [3.63, 3.8) is 0 Å². The molecule has 3 aromatic carbocycles. The van der Waals surface area contributed by atoms with E-state index in [9.17, 15) is 23.1 Å². The number of carboxylic acids is 1. The molecule has 0 aromatic heterocycles. The zero-order chi connectivity index (χ0) is 21.0. The first kappa shape index (κ1) is 20.1. The van der Waals surface area contributed by atoms with Gasteiger partial charge < -0.3 is 15.2 Å². The van der Waals surface area contributed by atoms with Crippen LogP contribution >= 0.6 is 0 Å². The normalized spacial score (nSPS) is 10.9. The molecule has 0 radical (unpaired) electrons. The third-order valence-corrected chi connectivity index (χ3v) is 5.47. The predicted molar refractivity (Wildman–Crippen MR) is 107 cm³/mol. The van der Waals surface area contributed by atoms with Gasteiger partial charge in [0.2, 0.25) is 0 Å². The van der Waals surface area contributed by atoms with Gasteiger partial charge in [-0.2, -0.15) is 0 Å². The van der Waals surface area contributed by atoms with Crippen LogP contribution in [0.1, 0.15) is 26.3 Å². The molecule has 7 nitrogen and oxygen atoms in total. The summed E-state index contributed by atoms with van der Waals surface area (Å²) in [5, 5.41) is 13.7. The van der Waals surface area contributed by atoms with Gasteiger partial charge in [-0.3, -0.25) is 9.52 Å². The third kappa shape index (κ3) is 4.80. The maximum atomic E-state index is 12.7. The number of nitrogens with one attached hydrogen (secondary N) is 2. The molecule has 1 amide bonds. The van der Waals surface area contributed by atoms with Crippen LogP contribution in [0.2, 0.25) is 0 Å². The number of aromatic carboxylic acids is 1. The molecule has 148 valence electrons. The Hall–Kier alpha value is -3.65. The fourth-order valence-corrected chi connectivity index (χ4v) is 3.72. The Morgan fingerprint density at radius 3 is 2.28 bits per heavy atom. The van der Waals surface area contributed by atoms with Gasteiger partial charge in [0.05, 0.1) is 22.1 Å². The van der Waals surface area contributed by atoms with E-state index in [1.807, 2.05) is 19.1 Å². The van der Waals surface area contributed by atoms with Crippen LogP contribution < -0.4 is 15.1 Å². The van der Waals surface area contributed by atoms with E-state index in [4.69, 9.17) is 0 Å². The summed E-state index contributed by atoms with van der Waals surface area (Å²) >= 11 is 0. The van der Waals surface area contributed by atoms with E-state index >= 15 is 0 Å². The largest absolute Gasteiger partial charge is 0.545 e. The molecule has 3 aromatic rings. The minimum atomic E-state index is -4.12. The highest BCUT2D eigenvalue weighted by atomic mass is 32.2. The first-order valence-corrected chi connectivity index (χ1v) is 10.1.